The van der Waals surface area contributed by atoms with Gasteiger partial charge in [-0.25, -0.2) is 4.79 Å². The summed E-state index contributed by atoms with van der Waals surface area (Å²) >= 11 is 0. The van der Waals surface area contributed by atoms with Crippen molar-refractivity contribution in [2.24, 2.45) is 0 Å². The van der Waals surface area contributed by atoms with Crippen molar-refractivity contribution in [1.82, 2.24) is 10.1 Å². The first-order valence-corrected chi connectivity index (χ1v) is 7.75. The van der Waals surface area contributed by atoms with Crippen molar-refractivity contribution in [2.45, 2.75) is 25.9 Å². The third-order valence-electron chi connectivity index (χ3n) is 4.11. The number of hydrogen-bond donors (Lipinski definition) is 1. The molecule has 1 N–H and O–H groups in total. The van der Waals surface area contributed by atoms with E-state index in [1.165, 1.54) is 18.4 Å². The van der Waals surface area contributed by atoms with E-state index in [4.69, 9.17) is 14.4 Å². The van der Waals surface area contributed by atoms with Crippen LogP contribution in [0.1, 0.15) is 39.3 Å². The minimum absolute atomic E-state index is 0.00768. The SMILES string of the molecule is Cc1nocc1C(=O)N1CCC(Oc2ccc(C(=O)O)cc2)CC1. The van der Waals surface area contributed by atoms with E-state index in [1.807, 2.05) is 0 Å². The van der Waals surface area contributed by atoms with Gasteiger partial charge >= 0.3 is 5.97 Å². The molecule has 0 saturated carbocycles. The number of nitrogens with zero attached hydrogens (tertiary/aromatic N) is 2. The molecular formula is C17H18N2O5. The number of amides is 1. The smallest absolute Gasteiger partial charge is 0.335 e. The van der Waals surface area contributed by atoms with E-state index in [0.29, 0.717) is 30.1 Å². The Balaban J connectivity index is 1.54. The summed E-state index contributed by atoms with van der Waals surface area (Å²) in [7, 11) is 0. The third-order valence-corrected chi connectivity index (χ3v) is 4.11. The number of carbonyl (C=O) groups is 2. The Bertz CT molecular complexity index is 730. The van der Waals surface area contributed by atoms with Gasteiger partial charge in [0.25, 0.3) is 5.91 Å². The lowest BCUT2D eigenvalue weighted by molar-refractivity contribution is 0.0594. The molecule has 1 aliphatic rings. The third kappa shape index (κ3) is 3.40. The van der Waals surface area contributed by atoms with Crippen LogP contribution in [0.4, 0.5) is 0 Å². The number of carboxylic acid groups (broad SMARTS) is 1. The average Bonchev–Trinajstić information content (AvgIpc) is 3.01. The van der Waals surface area contributed by atoms with Crippen molar-refractivity contribution in [1.29, 1.82) is 0 Å². The predicted octanol–water partition coefficient (Wildman–Crippen LogP) is 2.36. The van der Waals surface area contributed by atoms with Crippen molar-refractivity contribution in [3.05, 3.63) is 47.3 Å². The molecule has 1 fully saturated rings. The summed E-state index contributed by atoms with van der Waals surface area (Å²) in [5.41, 5.74) is 1.32. The molecule has 3 rings (SSSR count). The lowest BCUT2D eigenvalue weighted by Crippen LogP contribution is -2.41. The van der Waals surface area contributed by atoms with Crippen molar-refractivity contribution in [2.75, 3.05) is 13.1 Å². The Kier molecular flexibility index (Phi) is 4.50. The largest absolute Gasteiger partial charge is 0.490 e. The highest BCUT2D eigenvalue weighted by molar-refractivity contribution is 5.94. The maximum Gasteiger partial charge on any atom is 0.335 e. The zero-order valence-electron chi connectivity index (χ0n) is 13.3. The summed E-state index contributed by atoms with van der Waals surface area (Å²) < 4.78 is 10.7. The highest BCUT2D eigenvalue weighted by Crippen LogP contribution is 2.21. The van der Waals surface area contributed by atoms with E-state index in [-0.39, 0.29) is 17.6 Å². The van der Waals surface area contributed by atoms with Gasteiger partial charge in [0.15, 0.2) is 0 Å². The van der Waals surface area contributed by atoms with E-state index in [9.17, 15) is 9.59 Å². The monoisotopic (exact) mass is 330 g/mol. The van der Waals surface area contributed by atoms with E-state index in [0.717, 1.165) is 12.8 Å². The molecule has 0 unspecified atom stereocenters. The molecule has 0 aliphatic carbocycles. The number of rotatable bonds is 4. The summed E-state index contributed by atoms with van der Waals surface area (Å²) in [5, 5.41) is 12.6. The van der Waals surface area contributed by atoms with Crippen LogP contribution in [-0.4, -0.2) is 46.2 Å². The Morgan fingerprint density at radius 3 is 2.46 bits per heavy atom. The van der Waals surface area contributed by atoms with Crippen LogP contribution < -0.4 is 4.74 Å². The van der Waals surface area contributed by atoms with Crippen LogP contribution in [0.15, 0.2) is 35.1 Å². The van der Waals surface area contributed by atoms with Crippen LogP contribution in [0, 0.1) is 6.92 Å². The second kappa shape index (κ2) is 6.74. The number of piperidine rings is 1. The Hall–Kier alpha value is -2.83. The van der Waals surface area contributed by atoms with Crippen LogP contribution >= 0.6 is 0 Å². The van der Waals surface area contributed by atoms with Gasteiger partial charge in [0, 0.05) is 25.9 Å². The highest BCUT2D eigenvalue weighted by Gasteiger charge is 2.26. The fraction of sp³-hybridized carbons (Fsp3) is 0.353. The second-order valence-corrected chi connectivity index (χ2v) is 5.75. The second-order valence-electron chi connectivity index (χ2n) is 5.75. The van der Waals surface area contributed by atoms with Gasteiger partial charge in [-0.05, 0) is 31.2 Å². The fourth-order valence-corrected chi connectivity index (χ4v) is 2.71. The molecule has 1 aromatic carbocycles. The van der Waals surface area contributed by atoms with Crippen molar-refractivity contribution in [3.63, 3.8) is 0 Å². The van der Waals surface area contributed by atoms with Crippen molar-refractivity contribution in [3.8, 4) is 5.75 Å². The van der Waals surface area contributed by atoms with Gasteiger partial charge < -0.3 is 19.3 Å². The van der Waals surface area contributed by atoms with E-state index >= 15 is 0 Å². The summed E-state index contributed by atoms with van der Waals surface area (Å²) in [6.45, 7) is 2.94. The van der Waals surface area contributed by atoms with Gasteiger partial charge in [0.1, 0.15) is 23.7 Å². The van der Waals surface area contributed by atoms with Crippen LogP contribution in [-0.2, 0) is 0 Å². The van der Waals surface area contributed by atoms with Gasteiger partial charge in [-0.1, -0.05) is 5.16 Å². The molecule has 126 valence electrons. The number of aromatic nitrogens is 1. The molecule has 1 aromatic heterocycles. The average molecular weight is 330 g/mol. The molecule has 1 amide bonds. The van der Waals surface area contributed by atoms with Crippen LogP contribution in [0.3, 0.4) is 0 Å². The molecule has 24 heavy (non-hydrogen) atoms. The van der Waals surface area contributed by atoms with Crippen LogP contribution in [0.5, 0.6) is 5.75 Å². The number of carbonyl (C=O) groups excluding carboxylic acids is 1. The first kappa shape index (κ1) is 16.0. The van der Waals surface area contributed by atoms with Gasteiger partial charge in [-0.2, -0.15) is 0 Å². The van der Waals surface area contributed by atoms with E-state index in [2.05, 4.69) is 5.16 Å². The standard InChI is InChI=1S/C17H18N2O5/c1-11-15(10-23-18-11)16(20)19-8-6-14(7-9-19)24-13-4-2-12(3-5-13)17(21)22/h2-5,10,14H,6-9H2,1H3,(H,21,22). The Morgan fingerprint density at radius 1 is 1.25 bits per heavy atom. The number of ether oxygens (including phenoxy) is 1. The Morgan fingerprint density at radius 2 is 1.92 bits per heavy atom. The van der Waals surface area contributed by atoms with Gasteiger partial charge in [-0.3, -0.25) is 4.79 Å². The highest BCUT2D eigenvalue weighted by atomic mass is 16.5. The first-order chi connectivity index (χ1) is 11.5. The van der Waals surface area contributed by atoms with E-state index in [1.54, 1.807) is 24.0 Å². The molecular weight excluding hydrogens is 312 g/mol. The molecule has 2 heterocycles. The van der Waals surface area contributed by atoms with Crippen LogP contribution in [0.25, 0.3) is 0 Å². The number of likely N-dealkylation sites (tertiary alicyclic amines) is 1. The normalized spacial score (nSPS) is 15.3. The minimum atomic E-state index is -0.961. The molecule has 0 radical (unpaired) electrons. The zero-order valence-corrected chi connectivity index (χ0v) is 13.3. The molecule has 1 aliphatic heterocycles. The molecule has 0 spiro atoms. The number of carboxylic acids is 1. The predicted molar refractivity (Wildman–Crippen MR) is 84.2 cm³/mol. The lowest BCUT2D eigenvalue weighted by Gasteiger charge is -2.32. The maximum absolute atomic E-state index is 12.4. The molecule has 7 heteroatoms. The van der Waals surface area contributed by atoms with Crippen molar-refractivity contribution < 1.29 is 24.0 Å². The molecule has 2 aromatic rings. The molecule has 1 saturated heterocycles. The van der Waals surface area contributed by atoms with Gasteiger partial charge in [0.05, 0.1) is 11.3 Å². The van der Waals surface area contributed by atoms with Crippen molar-refractivity contribution >= 4 is 11.9 Å². The maximum atomic E-state index is 12.4. The number of aryl methyl sites for hydroxylation is 1. The molecule has 0 atom stereocenters. The topological polar surface area (TPSA) is 92.9 Å². The quantitative estimate of drug-likeness (QED) is 0.925. The minimum Gasteiger partial charge on any atom is -0.490 e. The molecule has 7 nitrogen and oxygen atoms in total. The summed E-state index contributed by atoms with van der Waals surface area (Å²) in [5.74, 6) is -0.393. The summed E-state index contributed by atoms with van der Waals surface area (Å²) in [6.07, 6.45) is 2.82. The lowest BCUT2D eigenvalue weighted by atomic mass is 10.1. The zero-order chi connectivity index (χ0) is 17.1. The number of aromatic carboxylic acids is 1. The summed E-state index contributed by atoms with van der Waals surface area (Å²) in [4.78, 5) is 25.0. The van der Waals surface area contributed by atoms with Gasteiger partial charge in [-0.15, -0.1) is 0 Å². The number of benzene rings is 1. The first-order valence-electron chi connectivity index (χ1n) is 7.75. The van der Waals surface area contributed by atoms with E-state index < -0.39 is 5.97 Å². The Labute approximate surface area is 138 Å². The molecule has 0 bridgehead atoms. The summed E-state index contributed by atoms with van der Waals surface area (Å²) in [6, 6.07) is 6.35. The number of hydrogen-bond acceptors (Lipinski definition) is 5. The van der Waals surface area contributed by atoms with Crippen LogP contribution in [0.2, 0.25) is 0 Å². The van der Waals surface area contributed by atoms with Gasteiger partial charge in [0.2, 0.25) is 0 Å². The fourth-order valence-electron chi connectivity index (χ4n) is 2.71.